The summed E-state index contributed by atoms with van der Waals surface area (Å²) >= 11 is 7.19. The Bertz CT molecular complexity index is 619. The van der Waals surface area contributed by atoms with Crippen LogP contribution in [-0.2, 0) is 0 Å². The molecule has 4 nitrogen and oxygen atoms in total. The first-order chi connectivity index (χ1) is 9.10. The van der Waals surface area contributed by atoms with Gasteiger partial charge in [0.1, 0.15) is 5.56 Å². The summed E-state index contributed by atoms with van der Waals surface area (Å²) in [5, 5.41) is 14.1. The molecule has 6 heteroatoms. The van der Waals surface area contributed by atoms with Crippen molar-refractivity contribution in [3.63, 3.8) is 0 Å². The first kappa shape index (κ1) is 13.7. The third-order valence-corrected chi connectivity index (χ3v) is 3.48. The van der Waals surface area contributed by atoms with Gasteiger partial charge in [-0.15, -0.1) is 11.8 Å². The number of rotatable bonds is 3. The molecule has 98 valence electrons. The number of carbonyl (C=O) groups excluding carboxylic acids is 1. The third kappa shape index (κ3) is 3.39. The number of pyridine rings is 1. The highest BCUT2D eigenvalue weighted by Crippen LogP contribution is 2.19. The lowest BCUT2D eigenvalue weighted by molar-refractivity contribution is -0.603. The van der Waals surface area contributed by atoms with Gasteiger partial charge in [0.25, 0.3) is 11.1 Å². The molecule has 1 heterocycles. The van der Waals surface area contributed by atoms with E-state index in [-0.39, 0.29) is 16.6 Å². The van der Waals surface area contributed by atoms with E-state index in [1.165, 1.54) is 12.1 Å². The maximum Gasteiger partial charge on any atom is 0.286 e. The van der Waals surface area contributed by atoms with Crippen LogP contribution in [0.2, 0.25) is 5.15 Å². The molecule has 0 radical (unpaired) electrons. The maximum absolute atomic E-state index is 12.0. The highest BCUT2D eigenvalue weighted by Gasteiger charge is 2.11. The monoisotopic (exact) mass is 294 g/mol. The Balaban J connectivity index is 2.18. The Labute approximate surface area is 120 Å². The molecule has 1 N–H and O–H groups in total. The van der Waals surface area contributed by atoms with Crippen molar-refractivity contribution < 1.29 is 9.52 Å². The van der Waals surface area contributed by atoms with Gasteiger partial charge in [-0.1, -0.05) is 6.07 Å². The predicted octanol–water partition coefficient (Wildman–Crippen LogP) is 2.95. The summed E-state index contributed by atoms with van der Waals surface area (Å²) in [6.45, 7) is 0. The molecule has 0 atom stereocenters. The maximum atomic E-state index is 12.0. The van der Waals surface area contributed by atoms with Crippen LogP contribution in [0.1, 0.15) is 10.4 Å². The van der Waals surface area contributed by atoms with Gasteiger partial charge in [0.05, 0.1) is 0 Å². The standard InChI is InChI=1S/C13H11ClN2O2S/c1-19-11-4-2-3-10(7-11)15-13(17)9-5-6-12(14)16(18)8-9/h2-8H,1H3,(H,15,17). The molecule has 0 spiro atoms. The number of hydrogen-bond acceptors (Lipinski definition) is 3. The molecule has 0 aliphatic carbocycles. The molecule has 0 aliphatic rings. The molecule has 1 aromatic heterocycles. The zero-order chi connectivity index (χ0) is 13.8. The Kier molecular flexibility index (Phi) is 4.29. The van der Waals surface area contributed by atoms with Crippen molar-refractivity contribution in [2.45, 2.75) is 4.90 Å². The minimum absolute atomic E-state index is 0.0286. The molecule has 19 heavy (non-hydrogen) atoms. The van der Waals surface area contributed by atoms with Gasteiger partial charge in [0, 0.05) is 16.6 Å². The van der Waals surface area contributed by atoms with Gasteiger partial charge in [-0.25, -0.2) is 0 Å². The van der Waals surface area contributed by atoms with Crippen LogP contribution in [0.25, 0.3) is 0 Å². The zero-order valence-electron chi connectivity index (χ0n) is 10.1. The summed E-state index contributed by atoms with van der Waals surface area (Å²) in [7, 11) is 0. The average molecular weight is 295 g/mol. The highest BCUT2D eigenvalue weighted by molar-refractivity contribution is 7.98. The quantitative estimate of drug-likeness (QED) is 0.410. The van der Waals surface area contributed by atoms with E-state index in [4.69, 9.17) is 11.6 Å². The van der Waals surface area contributed by atoms with Crippen LogP contribution in [0.3, 0.4) is 0 Å². The highest BCUT2D eigenvalue weighted by atomic mass is 35.5. The molecule has 0 saturated carbocycles. The molecular formula is C13H11ClN2O2S. The van der Waals surface area contributed by atoms with Gasteiger partial charge in [-0.2, -0.15) is 4.73 Å². The second-order valence-corrected chi connectivity index (χ2v) is 5.02. The molecule has 0 aliphatic heterocycles. The SMILES string of the molecule is CSc1cccc(NC(=O)c2ccc(Cl)[n+]([O-])c2)c1. The van der Waals surface area contributed by atoms with Crippen LogP contribution < -0.4 is 10.0 Å². The van der Waals surface area contributed by atoms with Crippen LogP contribution in [0.5, 0.6) is 0 Å². The molecule has 1 amide bonds. The van der Waals surface area contributed by atoms with Gasteiger partial charge in [-0.3, -0.25) is 4.79 Å². The largest absolute Gasteiger partial charge is 0.618 e. The number of carbonyl (C=O) groups is 1. The number of halogens is 1. The fourth-order valence-corrected chi connectivity index (χ4v) is 2.07. The van der Waals surface area contributed by atoms with Crippen LogP contribution in [0, 0.1) is 5.21 Å². The molecule has 0 bridgehead atoms. The van der Waals surface area contributed by atoms with Crippen molar-refractivity contribution in [2.75, 3.05) is 11.6 Å². The summed E-state index contributed by atoms with van der Waals surface area (Å²) in [5.74, 6) is -0.348. The second kappa shape index (κ2) is 5.95. The zero-order valence-corrected chi connectivity index (χ0v) is 11.7. The normalized spacial score (nSPS) is 10.2. The number of hydrogen-bond donors (Lipinski definition) is 1. The molecule has 0 fully saturated rings. The minimum Gasteiger partial charge on any atom is -0.618 e. The van der Waals surface area contributed by atoms with Gasteiger partial charge in [0.15, 0.2) is 6.20 Å². The summed E-state index contributed by atoms with van der Waals surface area (Å²) in [5.41, 5.74) is 0.943. The van der Waals surface area contributed by atoms with E-state index < -0.39 is 0 Å². The van der Waals surface area contributed by atoms with E-state index in [9.17, 15) is 10.0 Å². The van der Waals surface area contributed by atoms with E-state index in [2.05, 4.69) is 5.32 Å². The molecule has 0 unspecified atom stereocenters. The summed E-state index contributed by atoms with van der Waals surface area (Å²) in [4.78, 5) is 13.0. The van der Waals surface area contributed by atoms with Crippen molar-refractivity contribution in [3.8, 4) is 0 Å². The van der Waals surface area contributed by atoms with Crippen LogP contribution >= 0.6 is 23.4 Å². The predicted molar refractivity (Wildman–Crippen MR) is 76.6 cm³/mol. The van der Waals surface area contributed by atoms with Gasteiger partial charge in [-0.05, 0) is 42.1 Å². The topological polar surface area (TPSA) is 56.0 Å². The number of amides is 1. The number of nitrogens with one attached hydrogen (secondary N) is 1. The number of aromatic nitrogens is 1. The lowest BCUT2D eigenvalue weighted by Gasteiger charge is -2.06. The van der Waals surface area contributed by atoms with Gasteiger partial charge < -0.3 is 10.5 Å². The number of nitrogens with zero attached hydrogens (tertiary/aromatic N) is 1. The summed E-state index contributed by atoms with van der Waals surface area (Å²) < 4.78 is 0.453. The Morgan fingerprint density at radius 1 is 1.37 bits per heavy atom. The Hall–Kier alpha value is -1.72. The Morgan fingerprint density at radius 3 is 2.84 bits per heavy atom. The summed E-state index contributed by atoms with van der Waals surface area (Å²) in [6, 6.07) is 10.4. The van der Waals surface area contributed by atoms with Crippen LogP contribution in [-0.4, -0.2) is 12.2 Å². The van der Waals surface area contributed by atoms with Crippen molar-refractivity contribution in [2.24, 2.45) is 0 Å². The van der Waals surface area contributed by atoms with Crippen molar-refractivity contribution >= 4 is 35.0 Å². The third-order valence-electron chi connectivity index (χ3n) is 2.46. The van der Waals surface area contributed by atoms with E-state index in [1.54, 1.807) is 17.8 Å². The number of thioether (sulfide) groups is 1. The first-order valence-corrected chi connectivity index (χ1v) is 7.04. The fraction of sp³-hybridized carbons (Fsp3) is 0.0769. The molecule has 1 aromatic carbocycles. The second-order valence-electron chi connectivity index (χ2n) is 3.75. The van der Waals surface area contributed by atoms with Crippen molar-refractivity contribution in [1.82, 2.24) is 0 Å². The fourth-order valence-electron chi connectivity index (χ4n) is 1.50. The lowest BCUT2D eigenvalue weighted by Crippen LogP contribution is -2.29. The van der Waals surface area contributed by atoms with Crippen molar-refractivity contribution in [1.29, 1.82) is 0 Å². The van der Waals surface area contributed by atoms with Crippen LogP contribution in [0.15, 0.2) is 47.5 Å². The van der Waals surface area contributed by atoms with Gasteiger partial charge >= 0.3 is 0 Å². The van der Waals surface area contributed by atoms with Crippen LogP contribution in [0.4, 0.5) is 5.69 Å². The van der Waals surface area contributed by atoms with Gasteiger partial charge in [0.2, 0.25) is 0 Å². The molecule has 2 rings (SSSR count). The van der Waals surface area contributed by atoms with E-state index in [1.807, 2.05) is 24.5 Å². The first-order valence-electron chi connectivity index (χ1n) is 5.44. The average Bonchev–Trinajstić information content (AvgIpc) is 2.42. The Morgan fingerprint density at radius 2 is 2.16 bits per heavy atom. The van der Waals surface area contributed by atoms with Crippen molar-refractivity contribution in [3.05, 3.63) is 58.5 Å². The minimum atomic E-state index is -0.348. The van der Waals surface area contributed by atoms with E-state index in [0.717, 1.165) is 11.1 Å². The number of anilines is 1. The lowest BCUT2D eigenvalue weighted by atomic mass is 10.2. The van der Waals surface area contributed by atoms with E-state index >= 15 is 0 Å². The molecular weight excluding hydrogens is 284 g/mol. The number of benzene rings is 1. The molecule has 0 saturated heterocycles. The smallest absolute Gasteiger partial charge is 0.286 e. The summed E-state index contributed by atoms with van der Waals surface area (Å²) in [6.07, 6.45) is 3.11. The van der Waals surface area contributed by atoms with E-state index in [0.29, 0.717) is 10.4 Å². The molecule has 2 aromatic rings.